The van der Waals surface area contributed by atoms with Crippen molar-refractivity contribution in [2.75, 3.05) is 6.54 Å². The van der Waals surface area contributed by atoms with E-state index in [-0.39, 0.29) is 5.91 Å². The summed E-state index contributed by atoms with van der Waals surface area (Å²) in [6, 6.07) is 12.1. The summed E-state index contributed by atoms with van der Waals surface area (Å²) < 4.78 is 1.64. The molecule has 2 heterocycles. The summed E-state index contributed by atoms with van der Waals surface area (Å²) >= 11 is 1.65. The molecule has 0 bridgehead atoms. The Morgan fingerprint density at radius 3 is 2.67 bits per heavy atom. The second kappa shape index (κ2) is 8.81. The lowest BCUT2D eigenvalue weighted by Gasteiger charge is -2.07. The number of carbonyl (C=O) groups is 1. The van der Waals surface area contributed by atoms with E-state index in [0.717, 1.165) is 22.9 Å². The maximum atomic E-state index is 12.2. The van der Waals surface area contributed by atoms with Crippen LogP contribution in [0.4, 0.5) is 0 Å². The van der Waals surface area contributed by atoms with Crippen molar-refractivity contribution in [3.8, 4) is 5.82 Å². The van der Waals surface area contributed by atoms with E-state index in [4.69, 9.17) is 0 Å². The third-order valence-corrected chi connectivity index (χ3v) is 5.24. The van der Waals surface area contributed by atoms with E-state index in [1.165, 1.54) is 11.1 Å². The van der Waals surface area contributed by atoms with Crippen LogP contribution in [0.2, 0.25) is 0 Å². The number of aryl methyl sites for hydroxylation is 1. The zero-order valence-electron chi connectivity index (χ0n) is 15.8. The average molecular weight is 382 g/mol. The Balaban J connectivity index is 1.69. The van der Waals surface area contributed by atoms with Gasteiger partial charge in [0, 0.05) is 12.3 Å². The van der Waals surface area contributed by atoms with Gasteiger partial charge < -0.3 is 5.32 Å². The number of amides is 1. The number of thioether (sulfide) groups is 1. The Hall–Kier alpha value is -2.67. The molecule has 0 saturated carbocycles. The first-order valence-corrected chi connectivity index (χ1v) is 9.93. The molecule has 2 aromatic heterocycles. The van der Waals surface area contributed by atoms with Gasteiger partial charge >= 0.3 is 0 Å². The van der Waals surface area contributed by atoms with E-state index in [0.29, 0.717) is 17.9 Å². The number of rotatable bonds is 7. The highest BCUT2D eigenvalue weighted by molar-refractivity contribution is 7.98. The summed E-state index contributed by atoms with van der Waals surface area (Å²) in [7, 11) is 0. The number of benzene rings is 1. The number of hydrogen-bond acceptors (Lipinski definition) is 5. The standard InChI is InChI=1S/C20H23N5OS/c1-4-11-21-20(26)17-12-22-25(15(17)3)18-9-10-19(24-23-18)27-13-16-8-6-5-7-14(16)2/h5-10,12H,4,11,13H2,1-3H3,(H,21,26). The van der Waals surface area contributed by atoms with E-state index < -0.39 is 0 Å². The number of hydrogen-bond donors (Lipinski definition) is 1. The van der Waals surface area contributed by atoms with Crippen LogP contribution >= 0.6 is 11.8 Å². The molecule has 7 heteroatoms. The van der Waals surface area contributed by atoms with Gasteiger partial charge in [-0.1, -0.05) is 43.0 Å². The maximum absolute atomic E-state index is 12.2. The van der Waals surface area contributed by atoms with Crippen molar-refractivity contribution in [3.63, 3.8) is 0 Å². The van der Waals surface area contributed by atoms with Crippen LogP contribution in [0.3, 0.4) is 0 Å². The fourth-order valence-electron chi connectivity index (χ4n) is 2.62. The van der Waals surface area contributed by atoms with Crippen LogP contribution < -0.4 is 5.32 Å². The van der Waals surface area contributed by atoms with Gasteiger partial charge in [0.15, 0.2) is 5.82 Å². The molecule has 1 N–H and O–H groups in total. The summed E-state index contributed by atoms with van der Waals surface area (Å²) in [5, 5.41) is 16.6. The molecule has 27 heavy (non-hydrogen) atoms. The molecular weight excluding hydrogens is 358 g/mol. The van der Waals surface area contributed by atoms with Crippen LogP contribution in [0.15, 0.2) is 47.6 Å². The lowest BCUT2D eigenvalue weighted by Crippen LogP contribution is -2.24. The van der Waals surface area contributed by atoms with Crippen molar-refractivity contribution in [1.29, 1.82) is 0 Å². The molecule has 1 amide bonds. The van der Waals surface area contributed by atoms with Gasteiger partial charge in [0.05, 0.1) is 17.5 Å². The molecule has 0 aliphatic carbocycles. The predicted octanol–water partition coefficient (Wildman–Crippen LogP) is 3.71. The van der Waals surface area contributed by atoms with Gasteiger partial charge in [-0.2, -0.15) is 5.10 Å². The molecular formula is C20H23N5OS. The maximum Gasteiger partial charge on any atom is 0.254 e. The second-order valence-corrected chi connectivity index (χ2v) is 7.25. The Kier molecular flexibility index (Phi) is 6.24. The second-order valence-electron chi connectivity index (χ2n) is 6.26. The fourth-order valence-corrected chi connectivity index (χ4v) is 3.51. The number of aromatic nitrogens is 4. The van der Waals surface area contributed by atoms with Gasteiger partial charge in [-0.25, -0.2) is 4.68 Å². The Labute approximate surface area is 163 Å². The normalized spacial score (nSPS) is 10.8. The lowest BCUT2D eigenvalue weighted by atomic mass is 10.1. The van der Waals surface area contributed by atoms with Crippen LogP contribution in [0, 0.1) is 13.8 Å². The zero-order chi connectivity index (χ0) is 19.2. The van der Waals surface area contributed by atoms with Crippen molar-refractivity contribution in [1.82, 2.24) is 25.3 Å². The summed E-state index contributed by atoms with van der Waals surface area (Å²) in [6.07, 6.45) is 2.47. The molecule has 140 valence electrons. The highest BCUT2D eigenvalue weighted by Gasteiger charge is 2.15. The van der Waals surface area contributed by atoms with Crippen molar-refractivity contribution in [2.24, 2.45) is 0 Å². The molecule has 3 aromatic rings. The Bertz CT molecular complexity index is 920. The molecule has 6 nitrogen and oxygen atoms in total. The van der Waals surface area contributed by atoms with Crippen LogP contribution in [-0.4, -0.2) is 32.4 Å². The van der Waals surface area contributed by atoms with E-state index in [2.05, 4.69) is 39.7 Å². The largest absolute Gasteiger partial charge is 0.352 e. The highest BCUT2D eigenvalue weighted by atomic mass is 32.2. The minimum atomic E-state index is -0.112. The molecule has 0 atom stereocenters. The Morgan fingerprint density at radius 2 is 1.96 bits per heavy atom. The van der Waals surface area contributed by atoms with Crippen LogP contribution in [-0.2, 0) is 5.75 Å². The zero-order valence-corrected chi connectivity index (χ0v) is 16.6. The highest BCUT2D eigenvalue weighted by Crippen LogP contribution is 2.22. The minimum absolute atomic E-state index is 0.112. The summed E-state index contributed by atoms with van der Waals surface area (Å²) in [6.45, 7) is 6.64. The van der Waals surface area contributed by atoms with Gasteiger partial charge in [-0.3, -0.25) is 4.79 Å². The summed E-state index contributed by atoms with van der Waals surface area (Å²) in [5.74, 6) is 1.34. The molecule has 0 aliphatic rings. The third-order valence-electron chi connectivity index (χ3n) is 4.27. The number of nitrogens with zero attached hydrogens (tertiary/aromatic N) is 4. The summed E-state index contributed by atoms with van der Waals surface area (Å²) in [5.41, 5.74) is 3.87. The molecule has 1 aromatic carbocycles. The quantitative estimate of drug-likeness (QED) is 0.632. The minimum Gasteiger partial charge on any atom is -0.352 e. The average Bonchev–Trinajstić information content (AvgIpc) is 3.07. The van der Waals surface area contributed by atoms with Crippen molar-refractivity contribution < 1.29 is 4.79 Å². The molecule has 0 saturated heterocycles. The monoisotopic (exact) mass is 381 g/mol. The first kappa shape index (κ1) is 19.1. The van der Waals surface area contributed by atoms with E-state index in [1.807, 2.05) is 38.1 Å². The van der Waals surface area contributed by atoms with E-state index in [1.54, 1.807) is 22.6 Å². The smallest absolute Gasteiger partial charge is 0.254 e. The van der Waals surface area contributed by atoms with E-state index >= 15 is 0 Å². The molecule has 0 aliphatic heterocycles. The molecule has 0 radical (unpaired) electrons. The molecule has 3 rings (SSSR count). The Morgan fingerprint density at radius 1 is 1.15 bits per heavy atom. The van der Waals surface area contributed by atoms with Gasteiger partial charge in [0.2, 0.25) is 0 Å². The van der Waals surface area contributed by atoms with Gasteiger partial charge in [-0.15, -0.1) is 10.2 Å². The van der Waals surface area contributed by atoms with Crippen LogP contribution in [0.25, 0.3) is 5.82 Å². The summed E-state index contributed by atoms with van der Waals surface area (Å²) in [4.78, 5) is 12.2. The van der Waals surface area contributed by atoms with Gasteiger partial charge in [0.1, 0.15) is 5.03 Å². The van der Waals surface area contributed by atoms with Crippen LogP contribution in [0.5, 0.6) is 0 Å². The van der Waals surface area contributed by atoms with Crippen molar-refractivity contribution >= 4 is 17.7 Å². The molecule has 0 spiro atoms. The van der Waals surface area contributed by atoms with Crippen molar-refractivity contribution in [3.05, 3.63) is 65.0 Å². The lowest BCUT2D eigenvalue weighted by molar-refractivity contribution is 0.0953. The first-order valence-electron chi connectivity index (χ1n) is 8.94. The number of carbonyl (C=O) groups excluding carboxylic acids is 1. The topological polar surface area (TPSA) is 72.7 Å². The van der Waals surface area contributed by atoms with Crippen molar-refractivity contribution in [2.45, 2.75) is 38.0 Å². The predicted molar refractivity (Wildman–Crippen MR) is 107 cm³/mol. The van der Waals surface area contributed by atoms with Gasteiger partial charge in [-0.05, 0) is 43.5 Å². The molecule has 0 fully saturated rings. The van der Waals surface area contributed by atoms with Crippen LogP contribution in [0.1, 0.15) is 40.5 Å². The van der Waals surface area contributed by atoms with Gasteiger partial charge in [0.25, 0.3) is 5.91 Å². The molecule has 0 unspecified atom stereocenters. The first-order chi connectivity index (χ1) is 13.1. The third kappa shape index (κ3) is 4.54. The SMILES string of the molecule is CCCNC(=O)c1cnn(-c2ccc(SCc3ccccc3C)nn2)c1C. The fraction of sp³-hybridized carbons (Fsp3) is 0.300. The van der Waals surface area contributed by atoms with E-state index in [9.17, 15) is 4.79 Å². The number of nitrogens with one attached hydrogen (secondary N) is 1.